The number of carbonyl (C=O) groups is 1. The molecular weight excluding hydrogens is 242 g/mol. The molecule has 0 spiro atoms. The fraction of sp³-hybridized carbons (Fsp3) is 0.417. The molecule has 0 bridgehead atoms. The lowest BCUT2D eigenvalue weighted by Crippen LogP contribution is -2.23. The molecule has 0 aliphatic carbocycles. The highest BCUT2D eigenvalue weighted by Crippen LogP contribution is 2.18. The summed E-state index contributed by atoms with van der Waals surface area (Å²) in [5, 5.41) is 0. The van der Waals surface area contributed by atoms with Crippen LogP contribution in [0.2, 0.25) is 0 Å². The molecule has 0 amide bonds. The summed E-state index contributed by atoms with van der Waals surface area (Å²) in [5.74, 6) is 0.288. The van der Waals surface area contributed by atoms with Crippen molar-refractivity contribution < 1.29 is 14.3 Å². The first-order valence-electron chi connectivity index (χ1n) is 5.34. The molecule has 0 aliphatic heterocycles. The van der Waals surface area contributed by atoms with E-state index in [4.69, 9.17) is 15.2 Å². The first-order valence-corrected chi connectivity index (χ1v) is 5.34. The minimum atomic E-state index is -0.750. The van der Waals surface area contributed by atoms with Crippen molar-refractivity contribution in [3.8, 4) is 5.75 Å². The highest BCUT2D eigenvalue weighted by Gasteiger charge is 2.17. The largest absolute Gasteiger partial charge is 0.494 e. The van der Waals surface area contributed by atoms with Crippen LogP contribution in [0.15, 0.2) is 24.3 Å². The third kappa shape index (κ3) is 4.63. The zero-order chi connectivity index (χ0) is 12.0. The SMILES string of the molecule is CCOC(=O)C(N)c1cccc(OCC)c1.Cl. The van der Waals surface area contributed by atoms with E-state index in [2.05, 4.69) is 0 Å². The second-order valence-corrected chi connectivity index (χ2v) is 3.24. The molecule has 1 atom stereocenters. The van der Waals surface area contributed by atoms with Crippen molar-refractivity contribution in [2.75, 3.05) is 13.2 Å². The van der Waals surface area contributed by atoms with Gasteiger partial charge in [-0.25, -0.2) is 4.79 Å². The maximum absolute atomic E-state index is 11.4. The molecule has 17 heavy (non-hydrogen) atoms. The van der Waals surface area contributed by atoms with Gasteiger partial charge in [0, 0.05) is 0 Å². The Labute approximate surface area is 108 Å². The molecule has 0 aliphatic rings. The first kappa shape index (κ1) is 15.7. The van der Waals surface area contributed by atoms with Crippen LogP contribution in [0.4, 0.5) is 0 Å². The third-order valence-corrected chi connectivity index (χ3v) is 2.07. The van der Waals surface area contributed by atoms with Crippen molar-refractivity contribution >= 4 is 18.4 Å². The number of benzene rings is 1. The topological polar surface area (TPSA) is 61.5 Å². The van der Waals surface area contributed by atoms with Crippen molar-refractivity contribution in [2.45, 2.75) is 19.9 Å². The van der Waals surface area contributed by atoms with Crippen LogP contribution < -0.4 is 10.5 Å². The molecule has 0 radical (unpaired) electrons. The molecule has 0 saturated heterocycles. The maximum atomic E-state index is 11.4. The van der Waals surface area contributed by atoms with Crippen LogP contribution in [0, 0.1) is 0 Å². The molecular formula is C12H18ClNO3. The molecule has 0 fully saturated rings. The van der Waals surface area contributed by atoms with Crippen LogP contribution in [0.3, 0.4) is 0 Å². The van der Waals surface area contributed by atoms with Crippen LogP contribution in [-0.4, -0.2) is 19.2 Å². The Balaban J connectivity index is 0.00000256. The molecule has 96 valence electrons. The Bertz CT molecular complexity index is 357. The average molecular weight is 260 g/mol. The lowest BCUT2D eigenvalue weighted by atomic mass is 10.1. The molecule has 4 nitrogen and oxygen atoms in total. The van der Waals surface area contributed by atoms with Gasteiger partial charge in [0.15, 0.2) is 0 Å². The number of esters is 1. The Morgan fingerprint density at radius 2 is 2.06 bits per heavy atom. The van der Waals surface area contributed by atoms with Crippen LogP contribution in [0.25, 0.3) is 0 Å². The molecule has 1 aromatic rings. The van der Waals surface area contributed by atoms with Gasteiger partial charge >= 0.3 is 5.97 Å². The number of ether oxygens (including phenoxy) is 2. The van der Waals surface area contributed by atoms with Gasteiger partial charge in [-0.2, -0.15) is 0 Å². The van der Waals surface area contributed by atoms with E-state index < -0.39 is 12.0 Å². The Kier molecular flexibility index (Phi) is 7.34. The number of hydrogen-bond acceptors (Lipinski definition) is 4. The zero-order valence-corrected chi connectivity index (χ0v) is 10.8. The van der Waals surface area contributed by atoms with Gasteiger partial charge in [-0.1, -0.05) is 12.1 Å². The number of halogens is 1. The fourth-order valence-electron chi connectivity index (χ4n) is 1.33. The smallest absolute Gasteiger partial charge is 0.327 e. The lowest BCUT2D eigenvalue weighted by Gasteiger charge is -2.12. The predicted molar refractivity (Wildman–Crippen MR) is 68.4 cm³/mol. The monoisotopic (exact) mass is 259 g/mol. The number of hydrogen-bond donors (Lipinski definition) is 1. The quantitative estimate of drug-likeness (QED) is 0.823. The summed E-state index contributed by atoms with van der Waals surface area (Å²) in [4.78, 5) is 11.4. The molecule has 1 aromatic carbocycles. The normalized spacial score (nSPS) is 11.2. The Morgan fingerprint density at radius 3 is 2.65 bits per heavy atom. The minimum absolute atomic E-state index is 0. The van der Waals surface area contributed by atoms with Gasteiger partial charge in [0.2, 0.25) is 0 Å². The van der Waals surface area contributed by atoms with Gasteiger partial charge in [-0.3, -0.25) is 0 Å². The summed E-state index contributed by atoms with van der Waals surface area (Å²) in [6, 6.07) is 6.42. The summed E-state index contributed by atoms with van der Waals surface area (Å²) >= 11 is 0. The third-order valence-electron chi connectivity index (χ3n) is 2.07. The summed E-state index contributed by atoms with van der Waals surface area (Å²) in [7, 11) is 0. The van der Waals surface area contributed by atoms with Gasteiger partial charge in [0.25, 0.3) is 0 Å². The first-order chi connectivity index (χ1) is 7.69. The molecule has 0 heterocycles. The van der Waals surface area contributed by atoms with Gasteiger partial charge < -0.3 is 15.2 Å². The standard InChI is InChI=1S/C12H17NO3.ClH/c1-3-15-10-7-5-6-9(8-10)11(13)12(14)16-4-2;/h5-8,11H,3-4,13H2,1-2H3;1H. The van der Waals surface area contributed by atoms with Crippen molar-refractivity contribution in [3.63, 3.8) is 0 Å². The molecule has 2 N–H and O–H groups in total. The van der Waals surface area contributed by atoms with Crippen molar-refractivity contribution in [1.82, 2.24) is 0 Å². The molecule has 1 unspecified atom stereocenters. The molecule has 1 rings (SSSR count). The molecule has 0 saturated carbocycles. The van der Waals surface area contributed by atoms with Crippen LogP contribution in [-0.2, 0) is 9.53 Å². The van der Waals surface area contributed by atoms with Crippen molar-refractivity contribution in [2.24, 2.45) is 5.73 Å². The second-order valence-electron chi connectivity index (χ2n) is 3.24. The van der Waals surface area contributed by atoms with Gasteiger partial charge in [0.05, 0.1) is 13.2 Å². The average Bonchev–Trinajstić information content (AvgIpc) is 2.29. The summed E-state index contributed by atoms with van der Waals surface area (Å²) in [6.45, 7) is 4.56. The summed E-state index contributed by atoms with van der Waals surface area (Å²) < 4.78 is 10.2. The second kappa shape index (κ2) is 7.92. The fourth-order valence-corrected chi connectivity index (χ4v) is 1.33. The minimum Gasteiger partial charge on any atom is -0.494 e. The van der Waals surface area contributed by atoms with Crippen LogP contribution >= 0.6 is 12.4 Å². The Hall–Kier alpha value is -1.26. The van der Waals surface area contributed by atoms with E-state index in [1.54, 1.807) is 25.1 Å². The highest BCUT2D eigenvalue weighted by molar-refractivity contribution is 5.85. The van der Waals surface area contributed by atoms with E-state index >= 15 is 0 Å². The van der Waals surface area contributed by atoms with Crippen molar-refractivity contribution in [3.05, 3.63) is 29.8 Å². The number of nitrogens with two attached hydrogens (primary N) is 1. The van der Waals surface area contributed by atoms with E-state index in [0.717, 1.165) is 0 Å². The van der Waals surface area contributed by atoms with Gasteiger partial charge in [0.1, 0.15) is 11.8 Å². The van der Waals surface area contributed by atoms with Crippen molar-refractivity contribution in [1.29, 1.82) is 0 Å². The van der Waals surface area contributed by atoms with Gasteiger partial charge in [-0.15, -0.1) is 12.4 Å². The summed E-state index contributed by atoms with van der Waals surface area (Å²) in [6.07, 6.45) is 0. The van der Waals surface area contributed by atoms with E-state index in [1.807, 2.05) is 13.0 Å². The van der Waals surface area contributed by atoms with Crippen LogP contribution in [0.5, 0.6) is 5.75 Å². The van der Waals surface area contributed by atoms with E-state index in [9.17, 15) is 4.79 Å². The Morgan fingerprint density at radius 1 is 1.35 bits per heavy atom. The van der Waals surface area contributed by atoms with E-state index in [-0.39, 0.29) is 12.4 Å². The number of rotatable bonds is 5. The maximum Gasteiger partial charge on any atom is 0.327 e. The van der Waals surface area contributed by atoms with E-state index in [0.29, 0.717) is 24.5 Å². The lowest BCUT2D eigenvalue weighted by molar-refractivity contribution is -0.144. The molecule has 0 aromatic heterocycles. The highest BCUT2D eigenvalue weighted by atomic mass is 35.5. The van der Waals surface area contributed by atoms with Crippen LogP contribution in [0.1, 0.15) is 25.5 Å². The predicted octanol–water partition coefficient (Wildman–Crippen LogP) is 2.07. The van der Waals surface area contributed by atoms with Gasteiger partial charge in [-0.05, 0) is 31.5 Å². The van der Waals surface area contributed by atoms with E-state index in [1.165, 1.54) is 0 Å². The number of carbonyl (C=O) groups excluding carboxylic acids is 1. The zero-order valence-electron chi connectivity index (χ0n) is 10.0. The summed E-state index contributed by atoms with van der Waals surface area (Å²) in [5.41, 5.74) is 6.46. The molecule has 5 heteroatoms.